The van der Waals surface area contributed by atoms with Gasteiger partial charge in [-0.15, -0.1) is 0 Å². The fourth-order valence-electron chi connectivity index (χ4n) is 3.56. The van der Waals surface area contributed by atoms with Crippen LogP contribution in [0.3, 0.4) is 0 Å². The summed E-state index contributed by atoms with van der Waals surface area (Å²) in [7, 11) is 0. The van der Waals surface area contributed by atoms with Crippen LogP contribution in [0.1, 0.15) is 96.0 Å². The van der Waals surface area contributed by atoms with Crippen LogP contribution in [-0.4, -0.2) is 27.9 Å². The zero-order valence-corrected chi connectivity index (χ0v) is 21.7. The number of phenols is 1. The number of esters is 2. The molecule has 0 radical (unpaired) electrons. The van der Waals surface area contributed by atoms with E-state index in [2.05, 4.69) is 35.0 Å². The Labute approximate surface area is 208 Å². The SMILES string of the molecule is CCCCCCCC/C=C\CCCC(Br)CCCC(=O)OC(=O)C(N)Cc1ccc(O)cc1. The molecule has 1 rings (SSSR count). The summed E-state index contributed by atoms with van der Waals surface area (Å²) < 4.78 is 4.89. The number of carbonyl (C=O) groups excluding carboxylic acids is 2. The van der Waals surface area contributed by atoms with Crippen molar-refractivity contribution in [1.82, 2.24) is 0 Å². The van der Waals surface area contributed by atoms with Crippen LogP contribution in [-0.2, 0) is 20.7 Å². The fourth-order valence-corrected chi connectivity index (χ4v) is 4.20. The topological polar surface area (TPSA) is 89.6 Å². The van der Waals surface area contributed by atoms with Gasteiger partial charge in [0.05, 0.1) is 0 Å². The molecule has 0 aliphatic carbocycles. The van der Waals surface area contributed by atoms with Gasteiger partial charge in [0.15, 0.2) is 0 Å². The summed E-state index contributed by atoms with van der Waals surface area (Å²) in [4.78, 5) is 24.3. The predicted octanol–water partition coefficient (Wildman–Crippen LogP) is 6.74. The molecule has 3 N–H and O–H groups in total. The number of hydrogen-bond acceptors (Lipinski definition) is 5. The molecule has 0 heterocycles. The molecule has 0 spiro atoms. The number of ether oxygens (including phenoxy) is 1. The minimum atomic E-state index is -0.906. The highest BCUT2D eigenvalue weighted by Crippen LogP contribution is 2.18. The van der Waals surface area contributed by atoms with Crippen LogP contribution in [0.15, 0.2) is 36.4 Å². The van der Waals surface area contributed by atoms with E-state index in [1.807, 2.05) is 0 Å². The van der Waals surface area contributed by atoms with Gasteiger partial charge in [-0.1, -0.05) is 79.2 Å². The Morgan fingerprint density at radius 3 is 2.27 bits per heavy atom. The first-order chi connectivity index (χ1) is 15.9. The third-order valence-corrected chi connectivity index (χ3v) is 6.50. The number of benzene rings is 1. The van der Waals surface area contributed by atoms with Gasteiger partial charge in [0.25, 0.3) is 0 Å². The summed E-state index contributed by atoms with van der Waals surface area (Å²) >= 11 is 3.69. The van der Waals surface area contributed by atoms with E-state index in [-0.39, 0.29) is 18.6 Å². The first-order valence-electron chi connectivity index (χ1n) is 12.5. The normalized spacial score (nSPS) is 13.2. The fraction of sp³-hybridized carbons (Fsp3) is 0.630. The number of alkyl halides is 1. The average molecular weight is 525 g/mol. The van der Waals surface area contributed by atoms with Crippen LogP contribution in [0.2, 0.25) is 0 Å². The van der Waals surface area contributed by atoms with E-state index < -0.39 is 18.0 Å². The Bertz CT molecular complexity index is 690. The monoisotopic (exact) mass is 523 g/mol. The average Bonchev–Trinajstić information content (AvgIpc) is 2.79. The molecule has 1 aromatic carbocycles. The highest BCUT2D eigenvalue weighted by atomic mass is 79.9. The number of carbonyl (C=O) groups is 2. The van der Waals surface area contributed by atoms with E-state index in [1.54, 1.807) is 12.1 Å². The maximum Gasteiger partial charge on any atom is 0.330 e. The molecule has 5 nitrogen and oxygen atoms in total. The lowest BCUT2D eigenvalue weighted by atomic mass is 10.1. The Morgan fingerprint density at radius 2 is 1.58 bits per heavy atom. The van der Waals surface area contributed by atoms with E-state index in [4.69, 9.17) is 10.5 Å². The maximum atomic E-state index is 12.0. The summed E-state index contributed by atoms with van der Waals surface area (Å²) in [5.41, 5.74) is 6.64. The van der Waals surface area contributed by atoms with Crippen molar-refractivity contribution in [2.24, 2.45) is 5.73 Å². The van der Waals surface area contributed by atoms with Gasteiger partial charge < -0.3 is 15.6 Å². The Morgan fingerprint density at radius 1 is 0.970 bits per heavy atom. The van der Waals surface area contributed by atoms with Gasteiger partial charge >= 0.3 is 11.9 Å². The van der Waals surface area contributed by atoms with Gasteiger partial charge in [0.2, 0.25) is 0 Å². The molecule has 1 aromatic rings. The number of rotatable bonds is 18. The summed E-state index contributed by atoms with van der Waals surface area (Å²) in [6, 6.07) is 5.53. The number of nitrogens with two attached hydrogens (primary N) is 1. The molecule has 0 fully saturated rings. The van der Waals surface area contributed by atoms with Gasteiger partial charge in [0, 0.05) is 11.2 Å². The van der Waals surface area contributed by atoms with Gasteiger partial charge in [-0.3, -0.25) is 4.79 Å². The van der Waals surface area contributed by atoms with Crippen molar-refractivity contribution in [2.75, 3.05) is 0 Å². The molecule has 0 aliphatic heterocycles. The molecule has 186 valence electrons. The molecule has 2 unspecified atom stereocenters. The first kappa shape index (κ1) is 29.4. The van der Waals surface area contributed by atoms with Crippen LogP contribution >= 0.6 is 15.9 Å². The molecule has 6 heteroatoms. The summed E-state index contributed by atoms with van der Waals surface area (Å²) in [6.07, 6.45) is 19.1. The van der Waals surface area contributed by atoms with Crippen molar-refractivity contribution in [2.45, 2.75) is 108 Å². The molecule has 0 aromatic heterocycles. The minimum Gasteiger partial charge on any atom is -0.508 e. The quantitative estimate of drug-likeness (QED) is 0.0730. The zero-order valence-electron chi connectivity index (χ0n) is 20.1. The second-order valence-corrected chi connectivity index (χ2v) is 10.0. The molecule has 33 heavy (non-hydrogen) atoms. The number of unbranched alkanes of at least 4 members (excludes halogenated alkanes) is 7. The van der Waals surface area contributed by atoms with Crippen LogP contribution in [0.5, 0.6) is 5.75 Å². The highest BCUT2D eigenvalue weighted by Gasteiger charge is 2.19. The molecule has 0 aliphatic rings. The first-order valence-corrected chi connectivity index (χ1v) is 13.4. The second-order valence-electron chi connectivity index (χ2n) is 8.72. The van der Waals surface area contributed by atoms with Crippen molar-refractivity contribution in [3.05, 3.63) is 42.0 Å². The second kappa shape index (κ2) is 18.7. The summed E-state index contributed by atoms with van der Waals surface area (Å²) in [5, 5.41) is 9.29. The number of allylic oxidation sites excluding steroid dienone is 2. The molecule has 0 saturated carbocycles. The number of phenolic OH excluding ortho intramolecular Hbond substituents is 1. The zero-order chi connectivity index (χ0) is 24.3. The maximum absolute atomic E-state index is 12.0. The summed E-state index contributed by atoms with van der Waals surface area (Å²) in [6.45, 7) is 2.25. The molecule has 0 amide bonds. The van der Waals surface area contributed by atoms with Crippen molar-refractivity contribution in [3.8, 4) is 5.75 Å². The Hall–Kier alpha value is -1.66. The lowest BCUT2D eigenvalue weighted by Crippen LogP contribution is -2.35. The predicted molar refractivity (Wildman–Crippen MR) is 138 cm³/mol. The van der Waals surface area contributed by atoms with Crippen molar-refractivity contribution < 1.29 is 19.4 Å². The lowest BCUT2D eigenvalue weighted by molar-refractivity contribution is -0.160. The molecule has 2 atom stereocenters. The molecule has 0 bridgehead atoms. The third kappa shape index (κ3) is 15.7. The van der Waals surface area contributed by atoms with E-state index in [0.29, 0.717) is 11.2 Å². The molecular formula is C27H42BrNO4. The largest absolute Gasteiger partial charge is 0.508 e. The van der Waals surface area contributed by atoms with Gasteiger partial charge in [-0.2, -0.15) is 0 Å². The standard InChI is InChI=1S/C27H42BrNO4/c1-2-3-4-5-6-7-8-9-10-11-12-14-23(28)15-13-16-26(31)33-27(32)25(29)21-22-17-19-24(30)20-18-22/h9-10,17-20,23,25,30H,2-8,11-16,21,29H2,1H3/b10-9-. The summed E-state index contributed by atoms with van der Waals surface area (Å²) in [5.74, 6) is -1.09. The van der Waals surface area contributed by atoms with Crippen molar-refractivity contribution >= 4 is 27.9 Å². The van der Waals surface area contributed by atoms with Crippen LogP contribution in [0.25, 0.3) is 0 Å². The smallest absolute Gasteiger partial charge is 0.330 e. The van der Waals surface area contributed by atoms with E-state index in [0.717, 1.165) is 31.2 Å². The van der Waals surface area contributed by atoms with Gasteiger partial charge in [-0.25, -0.2) is 4.79 Å². The molecular weight excluding hydrogens is 482 g/mol. The van der Waals surface area contributed by atoms with Crippen LogP contribution in [0, 0.1) is 0 Å². The van der Waals surface area contributed by atoms with E-state index in [9.17, 15) is 14.7 Å². The van der Waals surface area contributed by atoms with Crippen molar-refractivity contribution in [3.63, 3.8) is 0 Å². The van der Waals surface area contributed by atoms with E-state index in [1.165, 1.54) is 57.1 Å². The van der Waals surface area contributed by atoms with E-state index >= 15 is 0 Å². The number of aromatic hydroxyl groups is 1. The Kier molecular flexibility index (Phi) is 16.7. The van der Waals surface area contributed by atoms with Gasteiger partial charge in [0.1, 0.15) is 11.8 Å². The third-order valence-electron chi connectivity index (χ3n) is 5.59. The lowest BCUT2D eigenvalue weighted by Gasteiger charge is -2.11. The number of hydrogen-bond donors (Lipinski definition) is 2. The number of halogens is 1. The highest BCUT2D eigenvalue weighted by molar-refractivity contribution is 9.09. The van der Waals surface area contributed by atoms with Crippen LogP contribution in [0.4, 0.5) is 0 Å². The van der Waals surface area contributed by atoms with Gasteiger partial charge in [-0.05, 0) is 69.1 Å². The van der Waals surface area contributed by atoms with Crippen molar-refractivity contribution in [1.29, 1.82) is 0 Å². The molecule has 0 saturated heterocycles. The Balaban J connectivity index is 2.05. The van der Waals surface area contributed by atoms with Crippen LogP contribution < -0.4 is 5.73 Å². The minimum absolute atomic E-state index is 0.148.